The number of hydrogen-bond acceptors (Lipinski definition) is 5. The van der Waals surface area contributed by atoms with Crippen molar-refractivity contribution in [3.63, 3.8) is 0 Å². The third-order valence-corrected chi connectivity index (χ3v) is 2.12. The summed E-state index contributed by atoms with van der Waals surface area (Å²) in [4.78, 5) is 15.7. The molecule has 8 nitrogen and oxygen atoms in total. The van der Waals surface area contributed by atoms with Crippen molar-refractivity contribution in [1.29, 1.82) is 0 Å². The molecule has 0 saturated heterocycles. The minimum Gasteiger partial charge on any atom is -0.396 e. The molecule has 0 spiro atoms. The third-order valence-electron chi connectivity index (χ3n) is 2.12. The van der Waals surface area contributed by atoms with Crippen LogP contribution in [0.25, 0.3) is 0 Å². The van der Waals surface area contributed by atoms with Gasteiger partial charge in [-0.3, -0.25) is 14.8 Å². The quantitative estimate of drug-likeness (QED) is 0.703. The molecule has 8 heteroatoms. The van der Waals surface area contributed by atoms with Gasteiger partial charge in [0.1, 0.15) is 12.0 Å². The van der Waals surface area contributed by atoms with Crippen molar-refractivity contribution in [2.24, 2.45) is 14.1 Å². The molecule has 0 saturated carbocycles. The zero-order chi connectivity index (χ0) is 11.7. The summed E-state index contributed by atoms with van der Waals surface area (Å²) in [5.41, 5.74) is 6.24. The molecule has 2 aromatic heterocycles. The van der Waals surface area contributed by atoms with Crippen molar-refractivity contribution in [2.45, 2.75) is 0 Å². The number of nitrogens with one attached hydrogen (secondary N) is 1. The molecule has 1 amide bonds. The molecule has 0 radical (unpaired) electrons. The molecule has 0 atom stereocenters. The number of nitrogen functional groups attached to an aromatic ring is 1. The first kappa shape index (κ1) is 10.1. The molecule has 0 aliphatic heterocycles. The van der Waals surface area contributed by atoms with Crippen molar-refractivity contribution in [2.75, 3.05) is 11.1 Å². The van der Waals surface area contributed by atoms with Crippen molar-refractivity contribution < 1.29 is 4.79 Å². The van der Waals surface area contributed by atoms with E-state index in [9.17, 15) is 4.79 Å². The van der Waals surface area contributed by atoms with Crippen LogP contribution in [-0.4, -0.2) is 30.5 Å². The highest BCUT2D eigenvalue weighted by atomic mass is 16.2. The summed E-state index contributed by atoms with van der Waals surface area (Å²) in [6, 6.07) is 0. The highest BCUT2D eigenvalue weighted by Gasteiger charge is 2.16. The van der Waals surface area contributed by atoms with Crippen LogP contribution in [0.4, 0.5) is 11.6 Å². The SMILES string of the molecule is Cn1ncnc1NC(=O)c1c(N)cnn1C. The van der Waals surface area contributed by atoms with Gasteiger partial charge in [-0.05, 0) is 0 Å². The molecule has 3 N–H and O–H groups in total. The lowest BCUT2D eigenvalue weighted by molar-refractivity contribution is 0.101. The van der Waals surface area contributed by atoms with Crippen LogP contribution in [0.3, 0.4) is 0 Å². The van der Waals surface area contributed by atoms with Gasteiger partial charge in [0.15, 0.2) is 0 Å². The highest BCUT2D eigenvalue weighted by Crippen LogP contribution is 2.11. The molecule has 2 heterocycles. The van der Waals surface area contributed by atoms with E-state index in [1.54, 1.807) is 14.1 Å². The molecule has 0 aliphatic carbocycles. The molecule has 2 aromatic rings. The third kappa shape index (κ3) is 1.60. The maximum atomic E-state index is 11.8. The first-order valence-electron chi connectivity index (χ1n) is 4.52. The van der Waals surface area contributed by atoms with Crippen LogP contribution >= 0.6 is 0 Å². The van der Waals surface area contributed by atoms with Gasteiger partial charge in [0, 0.05) is 14.1 Å². The monoisotopic (exact) mass is 221 g/mol. The first-order chi connectivity index (χ1) is 7.59. The lowest BCUT2D eigenvalue weighted by atomic mass is 10.3. The minimum atomic E-state index is -0.367. The predicted octanol–water partition coefficient (Wildman–Crippen LogP) is -0.617. The van der Waals surface area contributed by atoms with Gasteiger partial charge in [-0.15, -0.1) is 0 Å². The van der Waals surface area contributed by atoms with Crippen LogP contribution in [0.2, 0.25) is 0 Å². The van der Waals surface area contributed by atoms with E-state index in [-0.39, 0.29) is 5.91 Å². The van der Waals surface area contributed by atoms with Gasteiger partial charge >= 0.3 is 0 Å². The topological polar surface area (TPSA) is 104 Å². The fourth-order valence-electron chi connectivity index (χ4n) is 1.30. The Bertz CT molecular complexity index is 507. The average Bonchev–Trinajstić information content (AvgIpc) is 2.75. The number of aryl methyl sites for hydroxylation is 2. The lowest BCUT2D eigenvalue weighted by Crippen LogP contribution is -2.19. The van der Waals surface area contributed by atoms with Crippen LogP contribution in [-0.2, 0) is 14.1 Å². The van der Waals surface area contributed by atoms with Crippen molar-refractivity contribution >= 4 is 17.5 Å². The van der Waals surface area contributed by atoms with E-state index in [1.165, 1.54) is 21.9 Å². The number of carbonyl (C=O) groups is 1. The standard InChI is InChI=1S/C8H11N7O/c1-14-6(5(9)3-11-14)7(16)13-8-10-4-12-15(8)2/h3-4H,9H2,1-2H3,(H,10,12,13,16). The van der Waals surface area contributed by atoms with Crippen LogP contribution in [0.5, 0.6) is 0 Å². The zero-order valence-corrected chi connectivity index (χ0v) is 8.88. The Morgan fingerprint density at radius 3 is 2.62 bits per heavy atom. The van der Waals surface area contributed by atoms with Crippen molar-refractivity contribution in [1.82, 2.24) is 24.5 Å². The second kappa shape index (κ2) is 3.65. The zero-order valence-electron chi connectivity index (χ0n) is 8.88. The van der Waals surface area contributed by atoms with Gasteiger partial charge in [-0.25, -0.2) is 4.68 Å². The number of aromatic nitrogens is 5. The Morgan fingerprint density at radius 2 is 2.12 bits per heavy atom. The van der Waals surface area contributed by atoms with Gasteiger partial charge in [0.2, 0.25) is 5.95 Å². The van der Waals surface area contributed by atoms with Crippen LogP contribution < -0.4 is 11.1 Å². The van der Waals surface area contributed by atoms with E-state index in [0.717, 1.165) is 0 Å². The molecule has 0 bridgehead atoms. The normalized spacial score (nSPS) is 10.4. The molecular formula is C8H11N7O. The Balaban J connectivity index is 2.25. The summed E-state index contributed by atoms with van der Waals surface area (Å²) >= 11 is 0. The molecule has 0 unspecified atom stereocenters. The number of carbonyl (C=O) groups excluding carboxylic acids is 1. The van der Waals surface area contributed by atoms with Gasteiger partial charge < -0.3 is 5.73 Å². The number of amides is 1. The van der Waals surface area contributed by atoms with Gasteiger partial charge in [0.05, 0.1) is 11.9 Å². The van der Waals surface area contributed by atoms with E-state index < -0.39 is 0 Å². The Hall–Kier alpha value is -2.38. The first-order valence-corrected chi connectivity index (χ1v) is 4.52. The predicted molar refractivity (Wildman–Crippen MR) is 56.6 cm³/mol. The fourth-order valence-corrected chi connectivity index (χ4v) is 1.30. The highest BCUT2D eigenvalue weighted by molar-refractivity contribution is 6.05. The maximum Gasteiger partial charge on any atom is 0.278 e. The number of rotatable bonds is 2. The van der Waals surface area contributed by atoms with E-state index in [0.29, 0.717) is 17.3 Å². The van der Waals surface area contributed by atoms with Crippen LogP contribution in [0.1, 0.15) is 10.5 Å². The van der Waals surface area contributed by atoms with Gasteiger partial charge in [0.25, 0.3) is 5.91 Å². The fraction of sp³-hybridized carbons (Fsp3) is 0.250. The summed E-state index contributed by atoms with van der Waals surface area (Å²) in [6.07, 6.45) is 2.77. The van der Waals surface area contributed by atoms with Crippen molar-refractivity contribution in [3.8, 4) is 0 Å². The number of nitrogens with two attached hydrogens (primary N) is 1. The summed E-state index contributed by atoms with van der Waals surface area (Å²) in [5.74, 6) is -0.0146. The summed E-state index contributed by atoms with van der Waals surface area (Å²) in [7, 11) is 3.32. The Labute approximate surface area is 91.1 Å². The number of nitrogens with zero attached hydrogens (tertiary/aromatic N) is 5. The second-order valence-electron chi connectivity index (χ2n) is 3.23. The smallest absolute Gasteiger partial charge is 0.278 e. The molecule has 16 heavy (non-hydrogen) atoms. The number of hydrogen-bond donors (Lipinski definition) is 2. The maximum absolute atomic E-state index is 11.8. The van der Waals surface area contributed by atoms with E-state index in [2.05, 4.69) is 20.5 Å². The molecule has 0 aliphatic rings. The largest absolute Gasteiger partial charge is 0.396 e. The Kier molecular flexibility index (Phi) is 2.31. The van der Waals surface area contributed by atoms with E-state index in [4.69, 9.17) is 5.73 Å². The molecule has 0 aromatic carbocycles. The van der Waals surface area contributed by atoms with Gasteiger partial charge in [-0.2, -0.15) is 15.2 Å². The molecule has 84 valence electrons. The molecule has 0 fully saturated rings. The van der Waals surface area contributed by atoms with E-state index in [1.807, 2.05) is 0 Å². The Morgan fingerprint density at radius 1 is 1.38 bits per heavy atom. The summed E-state index contributed by atoms with van der Waals surface area (Å²) in [5, 5.41) is 10.3. The molecule has 2 rings (SSSR count). The summed E-state index contributed by atoms with van der Waals surface area (Å²) in [6.45, 7) is 0. The lowest BCUT2D eigenvalue weighted by Gasteiger charge is -2.04. The van der Waals surface area contributed by atoms with Crippen LogP contribution in [0.15, 0.2) is 12.5 Å². The molecular weight excluding hydrogens is 210 g/mol. The second-order valence-corrected chi connectivity index (χ2v) is 3.23. The van der Waals surface area contributed by atoms with Crippen LogP contribution in [0, 0.1) is 0 Å². The van der Waals surface area contributed by atoms with E-state index >= 15 is 0 Å². The van der Waals surface area contributed by atoms with Crippen molar-refractivity contribution in [3.05, 3.63) is 18.2 Å². The summed E-state index contributed by atoms with van der Waals surface area (Å²) < 4.78 is 2.85. The minimum absolute atomic E-state index is 0.294. The van der Waals surface area contributed by atoms with Gasteiger partial charge in [-0.1, -0.05) is 0 Å². The average molecular weight is 221 g/mol. The number of anilines is 2.